The van der Waals surface area contributed by atoms with Gasteiger partial charge in [0, 0.05) is 0 Å². The molecule has 0 aromatic rings. The van der Waals surface area contributed by atoms with Crippen molar-refractivity contribution in [2.75, 3.05) is 0 Å². The molecule has 0 rings (SSSR count). The summed E-state index contributed by atoms with van der Waals surface area (Å²) in [6.07, 6.45) is 0. The second-order valence-corrected chi connectivity index (χ2v) is 0. The van der Waals surface area contributed by atoms with E-state index in [9.17, 15) is 0 Å². The van der Waals surface area contributed by atoms with Crippen LogP contribution in [-0.2, 0) is 93.5 Å². The standard InChI is InChI=1S/18CN.2Fe.3Os/c18*1-2;;;;;/q18*-1;2*+3;3*+4. The van der Waals surface area contributed by atoms with Crippen LogP contribution in [0.4, 0.5) is 0 Å². The Morgan fingerprint density at radius 3 is 0.122 bits per heavy atom. The normalized spacial score (nSPS) is 0.878. The van der Waals surface area contributed by atoms with Crippen LogP contribution in [0.3, 0.4) is 0 Å². The number of hydrogen-bond acceptors (Lipinski definition) is 18. The van der Waals surface area contributed by atoms with Gasteiger partial charge in [0.15, 0.2) is 0 Å². The van der Waals surface area contributed by atoms with E-state index in [1.165, 1.54) is 0 Å². The Balaban J connectivity index is -0.00000000396. The summed E-state index contributed by atoms with van der Waals surface area (Å²) in [4.78, 5) is 0. The van der Waals surface area contributed by atoms with Gasteiger partial charge in [-0.15, -0.1) is 0 Å². The first-order chi connectivity index (χ1) is 18.0. The van der Waals surface area contributed by atoms with Crippen LogP contribution in [0.5, 0.6) is 0 Å². The summed E-state index contributed by atoms with van der Waals surface area (Å²) in [5.74, 6) is 0. The Kier molecular flexibility index (Phi) is 6520. The molecule has 0 atom stereocenters. The number of hydrogen-bond donors (Lipinski definition) is 0. The van der Waals surface area contributed by atoms with Crippen molar-refractivity contribution < 1.29 is 93.5 Å². The SMILES string of the molecule is [C-]#N.[C-]#N.[C-]#N.[C-]#N.[C-]#N.[C-]#N.[C-]#N.[C-]#N.[C-]#N.[C-]#N.[C-]#N.[C-]#N.[C-]#N.[C-]#N.[C-]#N.[C-]#N.[C-]#N.[C-]#N.[Fe+3].[Fe+3].[Os+4].[Os+4].[Os+4]. The van der Waals surface area contributed by atoms with Crippen LogP contribution < -0.4 is 0 Å². The van der Waals surface area contributed by atoms with E-state index in [-0.39, 0.29) is 93.5 Å². The van der Waals surface area contributed by atoms with Crippen LogP contribution in [0, 0.1) is 213 Å². The minimum atomic E-state index is 0. The molecule has 0 bridgehead atoms. The van der Waals surface area contributed by atoms with Crippen LogP contribution in [0.1, 0.15) is 0 Å². The van der Waals surface area contributed by atoms with E-state index < -0.39 is 0 Å². The Hall–Kier alpha value is -6.23. The van der Waals surface area contributed by atoms with Crippen LogP contribution in [0.25, 0.3) is 0 Å². The molecule has 0 unspecified atom stereocenters. The molecule has 0 N–H and O–H groups in total. The van der Waals surface area contributed by atoms with Gasteiger partial charge in [0.1, 0.15) is 0 Å². The van der Waals surface area contributed by atoms with Crippen molar-refractivity contribution in [3.05, 3.63) is 118 Å². The van der Waals surface area contributed by atoms with Crippen molar-refractivity contribution in [2.45, 2.75) is 0 Å². The Morgan fingerprint density at radius 1 is 0.122 bits per heavy atom. The molecule has 0 aromatic heterocycles. The monoisotopic (exact) mass is 1160 g/mol. The summed E-state index contributed by atoms with van der Waals surface area (Å²) in [6, 6.07) is 0. The second kappa shape index (κ2) is 934. The zero-order chi connectivity index (χ0) is 36.0. The fourth-order valence-corrected chi connectivity index (χ4v) is 0. The molecule has 41 heavy (non-hydrogen) atoms. The summed E-state index contributed by atoms with van der Waals surface area (Å²) in [5, 5.41) is 112. The first-order valence-corrected chi connectivity index (χ1v) is 4.02. The van der Waals surface area contributed by atoms with E-state index in [4.69, 9.17) is 213 Å². The van der Waals surface area contributed by atoms with Crippen molar-refractivity contribution in [3.8, 4) is 0 Å². The molecule has 0 spiro atoms. The number of nitrogens with zero attached hydrogens (tertiary/aromatic N) is 18. The Bertz CT molecular complexity index is 374. The molecule has 0 saturated carbocycles. The maximum Gasteiger partial charge on any atom is 4.00 e. The molecule has 0 heterocycles. The Labute approximate surface area is 304 Å². The van der Waals surface area contributed by atoms with E-state index in [1.54, 1.807) is 0 Å². The summed E-state index contributed by atoms with van der Waals surface area (Å²) in [5.41, 5.74) is 0. The average Bonchev–Trinajstić information content (AvgIpc) is 3.13. The molecule has 18 nitrogen and oxygen atoms in total. The number of rotatable bonds is 0. The van der Waals surface area contributed by atoms with Crippen molar-refractivity contribution >= 4 is 0 Å². The molecule has 0 aliphatic heterocycles. The van der Waals surface area contributed by atoms with Gasteiger partial charge in [0.2, 0.25) is 0 Å². The molecule has 2 radical (unpaired) electrons. The van der Waals surface area contributed by atoms with Gasteiger partial charge in [-0.25, -0.2) is 0 Å². The quantitative estimate of drug-likeness (QED) is 0.246. The van der Waals surface area contributed by atoms with Gasteiger partial charge in [0.25, 0.3) is 0 Å². The van der Waals surface area contributed by atoms with Gasteiger partial charge in [-0.1, -0.05) is 0 Å². The minimum Gasteiger partial charge on any atom is -0.512 e. The van der Waals surface area contributed by atoms with Crippen molar-refractivity contribution in [3.63, 3.8) is 0 Å². The summed E-state index contributed by atoms with van der Waals surface area (Å²) in [7, 11) is 0. The van der Waals surface area contributed by atoms with Crippen molar-refractivity contribution in [1.82, 2.24) is 0 Å². The smallest absolute Gasteiger partial charge is 0.512 e. The molecule has 0 aliphatic carbocycles. The maximum atomic E-state index is 6.25. The molecule has 0 saturated heterocycles. The summed E-state index contributed by atoms with van der Waals surface area (Å²) in [6.45, 7) is 85.5. The fraction of sp³-hybridized carbons (Fsp3) is 0. The van der Waals surface area contributed by atoms with Crippen LogP contribution in [0.2, 0.25) is 0 Å². The van der Waals surface area contributed by atoms with Gasteiger partial charge in [0.05, 0.1) is 0 Å². The maximum absolute atomic E-state index is 6.25. The molecule has 23 heteroatoms. The molecule has 0 aliphatic rings. The van der Waals surface area contributed by atoms with Crippen LogP contribution in [-0.4, -0.2) is 0 Å². The van der Waals surface area contributed by atoms with Crippen molar-refractivity contribution in [1.29, 1.82) is 94.7 Å². The second-order valence-electron chi connectivity index (χ2n) is 0. The average molecular weight is 1150 g/mol. The zero-order valence-corrected chi connectivity index (χ0v) is 28.6. The van der Waals surface area contributed by atoms with E-state index in [0.29, 0.717) is 0 Å². The predicted molar refractivity (Wildman–Crippen MR) is 89.4 cm³/mol. The summed E-state index contributed by atoms with van der Waals surface area (Å²) >= 11 is 0. The van der Waals surface area contributed by atoms with E-state index >= 15 is 0 Å². The van der Waals surface area contributed by atoms with Crippen LogP contribution in [0.15, 0.2) is 0 Å². The Morgan fingerprint density at radius 2 is 0.122 bits per heavy atom. The zero-order valence-electron chi connectivity index (χ0n) is 18.8. The topological polar surface area (TPSA) is 428 Å². The van der Waals surface area contributed by atoms with Crippen LogP contribution >= 0.6 is 0 Å². The molecule has 0 fully saturated rings. The third-order valence-electron chi connectivity index (χ3n) is 0. The first-order valence-electron chi connectivity index (χ1n) is 4.02. The predicted octanol–water partition coefficient (Wildman–Crippen LogP) is 1.72. The van der Waals surface area contributed by atoms with E-state index in [0.717, 1.165) is 0 Å². The van der Waals surface area contributed by atoms with Gasteiger partial charge in [-0.3, -0.25) is 0 Å². The van der Waals surface area contributed by atoms with E-state index in [2.05, 4.69) is 0 Å². The first kappa shape index (κ1) is 286. The van der Waals surface area contributed by atoms with Gasteiger partial charge >= 0.3 is 93.5 Å². The van der Waals surface area contributed by atoms with Gasteiger partial charge in [-0.2, -0.15) is 0 Å². The third-order valence-corrected chi connectivity index (χ3v) is 0. The molecule has 202 valence electrons. The van der Waals surface area contributed by atoms with Gasteiger partial charge in [-0.05, 0) is 0 Å². The fourth-order valence-electron chi connectivity index (χ4n) is 0. The minimum absolute atomic E-state index is 0. The molecule has 0 aromatic carbocycles. The molecular weight excluding hydrogens is 1150 g/mol. The molecule has 0 amide bonds. The van der Waals surface area contributed by atoms with E-state index in [1.807, 2.05) is 0 Å². The molecular formula is C18Fe2N18Os3. The van der Waals surface area contributed by atoms with Gasteiger partial charge < -0.3 is 213 Å². The third kappa shape index (κ3) is 877. The largest absolute Gasteiger partial charge is 4.00 e. The van der Waals surface area contributed by atoms with Crippen molar-refractivity contribution in [2.24, 2.45) is 0 Å². The summed E-state index contributed by atoms with van der Waals surface area (Å²) < 4.78 is 0.